The van der Waals surface area contributed by atoms with Crippen LogP contribution >= 0.6 is 34.0 Å². The van der Waals surface area contributed by atoms with Gasteiger partial charge >= 0.3 is 0 Å². The lowest BCUT2D eigenvalue weighted by molar-refractivity contribution is 0.630. The number of anilines is 2. The summed E-state index contributed by atoms with van der Waals surface area (Å²) in [6.45, 7) is 0. The van der Waals surface area contributed by atoms with Crippen molar-refractivity contribution < 1.29 is 4.39 Å². The Morgan fingerprint density at radius 1 is 0.840 bits per heavy atom. The van der Waals surface area contributed by atoms with Gasteiger partial charge in [0.15, 0.2) is 10.3 Å². The Kier molecular flexibility index (Phi) is 3.47. The van der Waals surface area contributed by atoms with E-state index in [2.05, 4.69) is 26.3 Å². The quantitative estimate of drug-likeness (QED) is 0.420. The van der Waals surface area contributed by atoms with Crippen LogP contribution in [0, 0.1) is 5.82 Å². The van der Waals surface area contributed by atoms with Gasteiger partial charge in [0.1, 0.15) is 16.5 Å². The molecule has 1 N–H and O–H groups in total. The number of rotatable bonds is 3. The number of para-hydroxylation sites is 1. The molecule has 5 rings (SSSR count). The third-order valence-corrected chi connectivity index (χ3v) is 6.33. The van der Waals surface area contributed by atoms with Gasteiger partial charge in [0.2, 0.25) is 0 Å². The highest BCUT2D eigenvalue weighted by Crippen LogP contribution is 2.34. The minimum absolute atomic E-state index is 0.255. The van der Waals surface area contributed by atoms with Crippen LogP contribution in [0.3, 0.4) is 0 Å². The van der Waals surface area contributed by atoms with Gasteiger partial charge in [-0.15, -0.1) is 22.7 Å². The van der Waals surface area contributed by atoms with Crippen LogP contribution in [0.5, 0.6) is 0 Å². The van der Waals surface area contributed by atoms with Crippen molar-refractivity contribution in [2.45, 2.75) is 0 Å². The van der Waals surface area contributed by atoms with Crippen LogP contribution in [0.1, 0.15) is 0 Å². The standard InChI is InChI=1S/C17H9FN4S3/c18-9-5-6-11-14(7-9)25-17(20-11)22-16-21-12(8-23-16)15-19-10-3-1-2-4-13(10)24-15/h1-8H,(H,20,21,22). The van der Waals surface area contributed by atoms with Crippen molar-refractivity contribution in [3.05, 3.63) is 53.7 Å². The summed E-state index contributed by atoms with van der Waals surface area (Å²) in [4.78, 5) is 13.7. The van der Waals surface area contributed by atoms with E-state index < -0.39 is 0 Å². The van der Waals surface area contributed by atoms with Crippen molar-refractivity contribution in [2.24, 2.45) is 0 Å². The van der Waals surface area contributed by atoms with Crippen molar-refractivity contribution in [1.82, 2.24) is 15.0 Å². The largest absolute Gasteiger partial charge is 0.307 e. The molecule has 0 aliphatic rings. The van der Waals surface area contributed by atoms with Crippen molar-refractivity contribution in [3.63, 3.8) is 0 Å². The summed E-state index contributed by atoms with van der Waals surface area (Å²) < 4.78 is 15.3. The van der Waals surface area contributed by atoms with E-state index in [4.69, 9.17) is 0 Å². The normalized spacial score (nSPS) is 11.4. The lowest BCUT2D eigenvalue weighted by Gasteiger charge is -1.94. The van der Waals surface area contributed by atoms with Crippen LogP contribution in [-0.2, 0) is 0 Å². The van der Waals surface area contributed by atoms with E-state index in [0.717, 1.165) is 36.3 Å². The molecule has 0 amide bonds. The van der Waals surface area contributed by atoms with Gasteiger partial charge in [-0.3, -0.25) is 0 Å². The Hall–Kier alpha value is -2.42. The molecule has 0 saturated carbocycles. The number of hydrogen-bond donors (Lipinski definition) is 1. The maximum atomic E-state index is 13.3. The Balaban J connectivity index is 1.45. The summed E-state index contributed by atoms with van der Waals surface area (Å²) in [6, 6.07) is 12.6. The number of aromatic nitrogens is 3. The second kappa shape index (κ2) is 5.83. The molecule has 8 heteroatoms. The summed E-state index contributed by atoms with van der Waals surface area (Å²) in [5, 5.41) is 7.53. The van der Waals surface area contributed by atoms with Gasteiger partial charge in [0.25, 0.3) is 0 Å². The highest BCUT2D eigenvalue weighted by Gasteiger charge is 2.12. The fourth-order valence-electron chi connectivity index (χ4n) is 2.45. The molecule has 4 nitrogen and oxygen atoms in total. The third-order valence-electron chi connectivity index (χ3n) is 3.58. The molecule has 0 unspecified atom stereocenters. The predicted octanol–water partition coefficient (Wildman–Crippen LogP) is 5.91. The first kappa shape index (κ1) is 14.9. The number of nitrogens with one attached hydrogen (secondary N) is 1. The monoisotopic (exact) mass is 384 g/mol. The van der Waals surface area contributed by atoms with Crippen LogP contribution < -0.4 is 5.32 Å². The maximum Gasteiger partial charge on any atom is 0.190 e. The summed E-state index contributed by atoms with van der Waals surface area (Å²) in [5.41, 5.74) is 2.61. The van der Waals surface area contributed by atoms with Crippen molar-refractivity contribution in [3.8, 4) is 10.7 Å². The molecule has 3 heterocycles. The molecular formula is C17H9FN4S3. The average Bonchev–Trinajstić information content (AvgIpc) is 3.31. The number of hydrogen-bond acceptors (Lipinski definition) is 7. The minimum atomic E-state index is -0.255. The average molecular weight is 384 g/mol. The van der Waals surface area contributed by atoms with Crippen molar-refractivity contribution in [1.29, 1.82) is 0 Å². The van der Waals surface area contributed by atoms with E-state index in [1.54, 1.807) is 17.4 Å². The molecular weight excluding hydrogens is 375 g/mol. The van der Waals surface area contributed by atoms with E-state index in [1.165, 1.54) is 34.8 Å². The van der Waals surface area contributed by atoms with Gasteiger partial charge in [-0.25, -0.2) is 19.3 Å². The lowest BCUT2D eigenvalue weighted by atomic mass is 10.3. The van der Waals surface area contributed by atoms with Crippen molar-refractivity contribution >= 4 is 64.7 Å². The van der Waals surface area contributed by atoms with Crippen LogP contribution in [0.15, 0.2) is 47.8 Å². The Morgan fingerprint density at radius 3 is 2.64 bits per heavy atom. The molecule has 0 bridgehead atoms. The zero-order valence-corrected chi connectivity index (χ0v) is 15.0. The number of halogens is 1. The first-order valence-corrected chi connectivity index (χ1v) is 9.90. The molecule has 122 valence electrons. The smallest absolute Gasteiger partial charge is 0.190 e. The number of benzene rings is 2. The first-order valence-electron chi connectivity index (χ1n) is 7.39. The Labute approximate surface area is 153 Å². The highest BCUT2D eigenvalue weighted by molar-refractivity contribution is 7.23. The fourth-order valence-corrected chi connectivity index (χ4v) is 5.10. The van der Waals surface area contributed by atoms with Crippen LogP contribution in [0.4, 0.5) is 14.7 Å². The predicted molar refractivity (Wildman–Crippen MR) is 104 cm³/mol. The molecule has 0 fully saturated rings. The molecule has 0 aliphatic carbocycles. The highest BCUT2D eigenvalue weighted by atomic mass is 32.1. The topological polar surface area (TPSA) is 50.7 Å². The van der Waals surface area contributed by atoms with Gasteiger partial charge in [-0.05, 0) is 30.3 Å². The molecule has 0 radical (unpaired) electrons. The maximum absolute atomic E-state index is 13.3. The van der Waals surface area contributed by atoms with E-state index in [-0.39, 0.29) is 5.82 Å². The number of nitrogens with zero attached hydrogens (tertiary/aromatic N) is 3. The van der Waals surface area contributed by atoms with Gasteiger partial charge in [-0.1, -0.05) is 23.5 Å². The zero-order valence-electron chi connectivity index (χ0n) is 12.6. The number of fused-ring (bicyclic) bond motifs is 2. The molecule has 3 aromatic heterocycles. The fraction of sp³-hybridized carbons (Fsp3) is 0. The van der Waals surface area contributed by atoms with Crippen molar-refractivity contribution in [2.75, 3.05) is 5.32 Å². The lowest BCUT2D eigenvalue weighted by Crippen LogP contribution is -1.88. The third kappa shape index (κ3) is 2.78. The van der Waals surface area contributed by atoms with Gasteiger partial charge in [0, 0.05) is 5.38 Å². The SMILES string of the molecule is Fc1ccc2nc(Nc3nc(-c4nc5ccccc5s4)cs3)sc2c1. The van der Waals surface area contributed by atoms with E-state index in [1.807, 2.05) is 23.6 Å². The van der Waals surface area contributed by atoms with Crippen LogP contribution in [0.25, 0.3) is 31.1 Å². The van der Waals surface area contributed by atoms with E-state index >= 15 is 0 Å². The summed E-state index contributed by atoms with van der Waals surface area (Å²) in [6.07, 6.45) is 0. The second-order valence-corrected chi connectivity index (χ2v) is 8.20. The zero-order chi connectivity index (χ0) is 16.8. The van der Waals surface area contributed by atoms with Gasteiger partial charge in [0.05, 0.1) is 20.4 Å². The molecule has 0 saturated heterocycles. The molecule has 0 spiro atoms. The molecule has 2 aromatic carbocycles. The van der Waals surface area contributed by atoms with Gasteiger partial charge < -0.3 is 5.32 Å². The summed E-state index contributed by atoms with van der Waals surface area (Å²) in [7, 11) is 0. The summed E-state index contributed by atoms with van der Waals surface area (Å²) in [5.74, 6) is -0.255. The van der Waals surface area contributed by atoms with Gasteiger partial charge in [-0.2, -0.15) is 0 Å². The molecule has 25 heavy (non-hydrogen) atoms. The van der Waals surface area contributed by atoms with E-state index in [9.17, 15) is 4.39 Å². The number of thiazole rings is 3. The Bertz CT molecular complexity index is 1170. The minimum Gasteiger partial charge on any atom is -0.307 e. The first-order chi connectivity index (χ1) is 12.2. The molecule has 0 atom stereocenters. The van der Waals surface area contributed by atoms with Crippen LogP contribution in [-0.4, -0.2) is 15.0 Å². The summed E-state index contributed by atoms with van der Waals surface area (Å²) >= 11 is 4.53. The Morgan fingerprint density at radius 2 is 1.72 bits per heavy atom. The van der Waals surface area contributed by atoms with E-state index in [0.29, 0.717) is 5.13 Å². The molecule has 5 aromatic rings. The van der Waals surface area contributed by atoms with Crippen LogP contribution in [0.2, 0.25) is 0 Å². The molecule has 0 aliphatic heterocycles. The second-order valence-electron chi connectivity index (χ2n) is 5.28.